The molecule has 3 N–H and O–H groups in total. The molecule has 0 bridgehead atoms. The Hall–Kier alpha value is -3.35. The maximum absolute atomic E-state index is 14.0. The van der Waals surface area contributed by atoms with Crippen molar-refractivity contribution in [1.82, 2.24) is 4.98 Å². The molecule has 0 aliphatic heterocycles. The van der Waals surface area contributed by atoms with Crippen molar-refractivity contribution in [2.24, 2.45) is 5.73 Å². The molecule has 0 saturated heterocycles. The van der Waals surface area contributed by atoms with Crippen molar-refractivity contribution in [3.05, 3.63) is 70.4 Å². The van der Waals surface area contributed by atoms with Crippen molar-refractivity contribution in [2.45, 2.75) is 13.8 Å². The minimum absolute atomic E-state index is 0.0489. The van der Waals surface area contributed by atoms with Gasteiger partial charge < -0.3 is 11.1 Å². The Kier molecular flexibility index (Phi) is 4.38. The number of carbonyl (C=O) groups is 2. The first-order chi connectivity index (χ1) is 12.3. The summed E-state index contributed by atoms with van der Waals surface area (Å²) in [6, 6.07) is 7.99. The first-order valence-electron chi connectivity index (χ1n) is 7.74. The van der Waals surface area contributed by atoms with Crippen LogP contribution in [0.25, 0.3) is 10.9 Å². The molecule has 3 aromatic rings. The summed E-state index contributed by atoms with van der Waals surface area (Å²) in [7, 11) is 0. The van der Waals surface area contributed by atoms with Gasteiger partial charge >= 0.3 is 0 Å². The van der Waals surface area contributed by atoms with E-state index in [9.17, 15) is 18.4 Å². The van der Waals surface area contributed by atoms with Gasteiger partial charge in [0.25, 0.3) is 5.91 Å². The van der Waals surface area contributed by atoms with Crippen LogP contribution in [0.4, 0.5) is 14.5 Å². The summed E-state index contributed by atoms with van der Waals surface area (Å²) in [6.07, 6.45) is 0. The van der Waals surface area contributed by atoms with Gasteiger partial charge in [0.15, 0.2) is 0 Å². The molecule has 26 heavy (non-hydrogen) atoms. The molecule has 1 aromatic heterocycles. The molecule has 132 valence electrons. The maximum atomic E-state index is 14.0. The highest BCUT2D eigenvalue weighted by Gasteiger charge is 2.16. The Balaban J connectivity index is 2.01. The zero-order chi connectivity index (χ0) is 19.0. The molecule has 2 aromatic carbocycles. The van der Waals surface area contributed by atoms with Crippen molar-refractivity contribution in [2.75, 3.05) is 5.32 Å². The fourth-order valence-electron chi connectivity index (χ4n) is 2.61. The molecule has 0 radical (unpaired) electrons. The van der Waals surface area contributed by atoms with Crippen LogP contribution in [-0.2, 0) is 0 Å². The molecule has 2 amide bonds. The van der Waals surface area contributed by atoms with Gasteiger partial charge in [0.05, 0.1) is 16.8 Å². The summed E-state index contributed by atoms with van der Waals surface area (Å²) in [4.78, 5) is 28.2. The van der Waals surface area contributed by atoms with E-state index in [1.54, 1.807) is 13.0 Å². The quantitative estimate of drug-likeness (QED) is 0.754. The van der Waals surface area contributed by atoms with E-state index in [0.717, 1.165) is 6.07 Å². The van der Waals surface area contributed by atoms with Crippen LogP contribution in [0, 0.1) is 25.5 Å². The summed E-state index contributed by atoms with van der Waals surface area (Å²) < 4.78 is 27.3. The van der Waals surface area contributed by atoms with Crippen molar-refractivity contribution < 1.29 is 18.4 Å². The highest BCUT2D eigenvalue weighted by atomic mass is 19.1. The second-order valence-corrected chi connectivity index (χ2v) is 5.91. The molecular weight excluding hydrogens is 340 g/mol. The van der Waals surface area contributed by atoms with Crippen LogP contribution < -0.4 is 11.1 Å². The Labute approximate surface area is 147 Å². The van der Waals surface area contributed by atoms with Gasteiger partial charge in [-0.25, -0.2) is 8.78 Å². The van der Waals surface area contributed by atoms with Gasteiger partial charge in [-0.15, -0.1) is 0 Å². The molecule has 0 fully saturated rings. The number of carbonyl (C=O) groups excluding carboxylic acids is 2. The van der Waals surface area contributed by atoms with E-state index in [1.807, 2.05) is 0 Å². The zero-order valence-electron chi connectivity index (χ0n) is 14.1. The minimum Gasteiger partial charge on any atom is -0.366 e. The Morgan fingerprint density at radius 1 is 1.08 bits per heavy atom. The fraction of sp³-hybridized carbons (Fsp3) is 0.105. The van der Waals surface area contributed by atoms with Gasteiger partial charge in [-0.3, -0.25) is 14.6 Å². The molecule has 0 saturated carbocycles. The highest BCUT2D eigenvalue weighted by Crippen LogP contribution is 2.23. The van der Waals surface area contributed by atoms with E-state index < -0.39 is 23.4 Å². The lowest BCUT2D eigenvalue weighted by Gasteiger charge is -2.12. The van der Waals surface area contributed by atoms with E-state index in [2.05, 4.69) is 10.3 Å². The third-order valence-corrected chi connectivity index (χ3v) is 4.09. The van der Waals surface area contributed by atoms with Crippen LogP contribution in [0.3, 0.4) is 0 Å². The minimum atomic E-state index is -0.801. The number of halogens is 2. The lowest BCUT2D eigenvalue weighted by molar-refractivity contribution is 0.0995. The van der Waals surface area contributed by atoms with Crippen LogP contribution >= 0.6 is 0 Å². The van der Waals surface area contributed by atoms with Gasteiger partial charge in [-0.2, -0.15) is 0 Å². The molecule has 0 atom stereocenters. The van der Waals surface area contributed by atoms with E-state index in [0.29, 0.717) is 16.6 Å². The first kappa shape index (κ1) is 17.5. The summed E-state index contributed by atoms with van der Waals surface area (Å²) in [5, 5.41) is 3.17. The number of amides is 2. The third-order valence-electron chi connectivity index (χ3n) is 4.09. The fourth-order valence-corrected chi connectivity index (χ4v) is 2.61. The van der Waals surface area contributed by atoms with Crippen molar-refractivity contribution >= 4 is 28.4 Å². The monoisotopic (exact) mass is 355 g/mol. The predicted molar refractivity (Wildman–Crippen MR) is 94.0 cm³/mol. The largest absolute Gasteiger partial charge is 0.366 e. The number of nitrogens with zero attached hydrogens (tertiary/aromatic N) is 1. The summed E-state index contributed by atoms with van der Waals surface area (Å²) in [6.45, 7) is 3.09. The first-order valence-corrected chi connectivity index (χ1v) is 7.74. The summed E-state index contributed by atoms with van der Waals surface area (Å²) >= 11 is 0. The number of rotatable bonds is 3. The number of aromatic nitrogens is 1. The van der Waals surface area contributed by atoms with Gasteiger partial charge in [-0.1, -0.05) is 0 Å². The van der Waals surface area contributed by atoms with Crippen LogP contribution in [-0.4, -0.2) is 16.8 Å². The van der Waals surface area contributed by atoms with Crippen LogP contribution in [0.15, 0.2) is 36.4 Å². The number of nitrogens with one attached hydrogen (secondary N) is 1. The van der Waals surface area contributed by atoms with Crippen LogP contribution in [0.5, 0.6) is 0 Å². The second-order valence-electron chi connectivity index (χ2n) is 5.91. The van der Waals surface area contributed by atoms with Crippen molar-refractivity contribution in [1.29, 1.82) is 0 Å². The molecule has 1 heterocycles. The number of nitrogens with two attached hydrogens (primary N) is 1. The van der Waals surface area contributed by atoms with E-state index in [4.69, 9.17) is 5.73 Å². The summed E-state index contributed by atoms with van der Waals surface area (Å²) in [5.74, 6) is -2.40. The molecule has 3 rings (SSSR count). The Morgan fingerprint density at radius 3 is 2.50 bits per heavy atom. The van der Waals surface area contributed by atoms with Gasteiger partial charge in [0, 0.05) is 28.3 Å². The Morgan fingerprint density at radius 2 is 1.81 bits per heavy atom. The van der Waals surface area contributed by atoms with Gasteiger partial charge in [-0.05, 0) is 44.2 Å². The van der Waals surface area contributed by atoms with Gasteiger partial charge in [0.1, 0.15) is 11.6 Å². The number of anilines is 1. The number of hydrogen-bond acceptors (Lipinski definition) is 3. The summed E-state index contributed by atoms with van der Waals surface area (Å²) in [5.41, 5.74) is 6.53. The van der Waals surface area contributed by atoms with Crippen LogP contribution in [0.2, 0.25) is 0 Å². The molecule has 0 aliphatic rings. The molecule has 0 aliphatic carbocycles. The van der Waals surface area contributed by atoms with Gasteiger partial charge in [0.2, 0.25) is 5.91 Å². The molecule has 7 heteroatoms. The normalized spacial score (nSPS) is 10.8. The van der Waals surface area contributed by atoms with Crippen LogP contribution in [0.1, 0.15) is 32.0 Å². The van der Waals surface area contributed by atoms with Crippen molar-refractivity contribution in [3.63, 3.8) is 0 Å². The number of primary amides is 1. The molecule has 0 unspecified atom stereocenters. The number of fused-ring (bicyclic) bond motifs is 1. The number of benzene rings is 2. The lowest BCUT2D eigenvalue weighted by atomic mass is 10.1. The number of aryl methyl sites for hydroxylation is 1. The second kappa shape index (κ2) is 6.51. The molecular formula is C19H15F2N3O2. The average molecular weight is 355 g/mol. The lowest BCUT2D eigenvalue weighted by Crippen LogP contribution is -2.17. The maximum Gasteiger partial charge on any atom is 0.257 e. The average Bonchev–Trinajstić information content (AvgIpc) is 2.57. The third kappa shape index (κ3) is 3.23. The topological polar surface area (TPSA) is 85.1 Å². The van der Waals surface area contributed by atoms with E-state index >= 15 is 0 Å². The predicted octanol–water partition coefficient (Wildman–Crippen LogP) is 3.48. The SMILES string of the molecule is Cc1nc2cc(F)ccc2cc1C(=O)Nc1cc(C(N)=O)cc(F)c1C. The van der Waals surface area contributed by atoms with E-state index in [-0.39, 0.29) is 22.4 Å². The Bertz CT molecular complexity index is 1060. The standard InChI is InChI=1S/C19H15F2N3O2/c1-9-15(21)6-12(18(22)25)7-16(9)24-19(26)14-5-11-3-4-13(20)8-17(11)23-10(14)2/h3-8H,1-2H3,(H2,22,25)(H,24,26). The number of pyridine rings is 1. The molecule has 5 nitrogen and oxygen atoms in total. The highest BCUT2D eigenvalue weighted by molar-refractivity contribution is 6.07. The smallest absolute Gasteiger partial charge is 0.257 e. The number of hydrogen-bond donors (Lipinski definition) is 2. The zero-order valence-corrected chi connectivity index (χ0v) is 14.1. The van der Waals surface area contributed by atoms with E-state index in [1.165, 1.54) is 31.2 Å². The van der Waals surface area contributed by atoms with Crippen molar-refractivity contribution in [3.8, 4) is 0 Å². The molecule has 0 spiro atoms.